The van der Waals surface area contributed by atoms with Crippen LogP contribution in [-0.2, 0) is 16.0 Å². The van der Waals surface area contributed by atoms with Crippen LogP contribution in [0.25, 0.3) is 0 Å². The van der Waals surface area contributed by atoms with Gasteiger partial charge in [0.2, 0.25) is 11.8 Å². The van der Waals surface area contributed by atoms with Crippen LogP contribution in [0.15, 0.2) is 42.0 Å². The quantitative estimate of drug-likeness (QED) is 0.782. The first-order chi connectivity index (χ1) is 9.99. The summed E-state index contributed by atoms with van der Waals surface area (Å²) in [6.07, 6.45) is 3.72. The number of rotatable bonds is 7. The van der Waals surface area contributed by atoms with Crippen molar-refractivity contribution < 1.29 is 9.59 Å². The molecule has 1 aromatic rings. The van der Waals surface area contributed by atoms with E-state index in [2.05, 4.69) is 17.4 Å². The zero-order valence-corrected chi connectivity index (χ0v) is 13.1. The topological polar surface area (TPSA) is 49.4 Å². The third-order valence-electron chi connectivity index (χ3n) is 3.17. The Balaban J connectivity index is 2.29. The van der Waals surface area contributed by atoms with E-state index in [0.717, 1.165) is 18.4 Å². The van der Waals surface area contributed by atoms with Gasteiger partial charge in [0.1, 0.15) is 0 Å². The molecular weight excluding hydrogens is 264 g/mol. The lowest BCUT2D eigenvalue weighted by atomic mass is 10.1. The Bertz CT molecular complexity index is 493. The average molecular weight is 288 g/mol. The highest BCUT2D eigenvalue weighted by Crippen LogP contribution is 2.08. The summed E-state index contributed by atoms with van der Waals surface area (Å²) in [5, 5.41) is 2.73. The number of hydrogen-bond donors (Lipinski definition) is 1. The number of carbonyl (C=O) groups excluding carboxylic acids is 2. The van der Waals surface area contributed by atoms with Crippen LogP contribution in [0, 0.1) is 0 Å². The van der Waals surface area contributed by atoms with Gasteiger partial charge in [-0.15, -0.1) is 0 Å². The number of nitrogens with one attached hydrogen (secondary N) is 1. The molecule has 0 aliphatic carbocycles. The van der Waals surface area contributed by atoms with Crippen molar-refractivity contribution in [1.82, 2.24) is 10.2 Å². The Labute approximate surface area is 126 Å². The fourth-order valence-electron chi connectivity index (χ4n) is 1.85. The molecule has 4 heteroatoms. The summed E-state index contributed by atoms with van der Waals surface area (Å²) < 4.78 is 0. The lowest BCUT2D eigenvalue weighted by molar-refractivity contribution is -0.128. The summed E-state index contributed by atoms with van der Waals surface area (Å²) >= 11 is 0. The predicted octanol–water partition coefficient (Wildman–Crippen LogP) is 2.16. The first-order valence-corrected chi connectivity index (χ1v) is 7.18. The lowest BCUT2D eigenvalue weighted by Gasteiger charge is -2.10. The second-order valence-electron chi connectivity index (χ2n) is 5.31. The van der Waals surface area contributed by atoms with E-state index in [4.69, 9.17) is 0 Å². The van der Waals surface area contributed by atoms with Crippen LogP contribution in [0.1, 0.15) is 25.3 Å². The SMILES string of the molecule is C/C(=C/C(=O)NCCC(=O)N(C)C)CCc1ccccc1. The number of nitrogens with zero attached hydrogens (tertiary/aromatic N) is 1. The summed E-state index contributed by atoms with van der Waals surface area (Å²) in [4.78, 5) is 24.6. The van der Waals surface area contributed by atoms with Crippen LogP contribution in [0.4, 0.5) is 0 Å². The molecule has 0 unspecified atom stereocenters. The van der Waals surface area contributed by atoms with Crippen molar-refractivity contribution in [3.8, 4) is 0 Å². The average Bonchev–Trinajstić information content (AvgIpc) is 2.46. The molecule has 0 radical (unpaired) electrons. The zero-order valence-electron chi connectivity index (χ0n) is 13.1. The normalized spacial score (nSPS) is 11.1. The molecule has 0 heterocycles. The number of benzene rings is 1. The van der Waals surface area contributed by atoms with E-state index in [1.54, 1.807) is 20.2 Å². The van der Waals surface area contributed by atoms with Crippen molar-refractivity contribution in [3.63, 3.8) is 0 Å². The van der Waals surface area contributed by atoms with Crippen LogP contribution < -0.4 is 5.32 Å². The first-order valence-electron chi connectivity index (χ1n) is 7.18. The summed E-state index contributed by atoms with van der Waals surface area (Å²) in [6.45, 7) is 2.33. The van der Waals surface area contributed by atoms with Gasteiger partial charge in [0.05, 0.1) is 0 Å². The van der Waals surface area contributed by atoms with Gasteiger partial charge in [-0.3, -0.25) is 9.59 Å². The maximum atomic E-state index is 11.7. The molecule has 0 aliphatic rings. The minimum absolute atomic E-state index is 0.0140. The van der Waals surface area contributed by atoms with Gasteiger partial charge in [-0.1, -0.05) is 35.9 Å². The molecule has 1 aromatic carbocycles. The molecular formula is C17H24N2O2. The minimum Gasteiger partial charge on any atom is -0.352 e. The van der Waals surface area contributed by atoms with Crippen LogP contribution in [0.3, 0.4) is 0 Å². The molecule has 0 spiro atoms. The van der Waals surface area contributed by atoms with Gasteiger partial charge >= 0.3 is 0 Å². The Morgan fingerprint density at radius 3 is 2.43 bits per heavy atom. The summed E-state index contributed by atoms with van der Waals surface area (Å²) in [5.74, 6) is -0.118. The molecule has 1 N–H and O–H groups in total. The summed E-state index contributed by atoms with van der Waals surface area (Å²) in [7, 11) is 3.41. The third-order valence-corrected chi connectivity index (χ3v) is 3.17. The molecule has 2 amide bonds. The molecule has 0 bridgehead atoms. The highest BCUT2D eigenvalue weighted by atomic mass is 16.2. The number of carbonyl (C=O) groups is 2. The molecule has 0 fully saturated rings. The zero-order chi connectivity index (χ0) is 15.7. The van der Waals surface area contributed by atoms with E-state index in [1.807, 2.05) is 25.1 Å². The van der Waals surface area contributed by atoms with Crippen LogP contribution in [-0.4, -0.2) is 37.4 Å². The predicted molar refractivity (Wildman–Crippen MR) is 84.8 cm³/mol. The van der Waals surface area contributed by atoms with Crippen molar-refractivity contribution in [1.29, 1.82) is 0 Å². The van der Waals surface area contributed by atoms with Crippen molar-refractivity contribution in [2.45, 2.75) is 26.2 Å². The van der Waals surface area contributed by atoms with Crippen molar-refractivity contribution in [2.24, 2.45) is 0 Å². The molecule has 21 heavy (non-hydrogen) atoms. The van der Waals surface area contributed by atoms with Crippen LogP contribution >= 0.6 is 0 Å². The van der Waals surface area contributed by atoms with E-state index in [9.17, 15) is 9.59 Å². The minimum atomic E-state index is -0.132. The van der Waals surface area contributed by atoms with Crippen LogP contribution in [0.2, 0.25) is 0 Å². The maximum absolute atomic E-state index is 11.7. The standard InChI is InChI=1S/C17H24N2O2/c1-14(9-10-15-7-5-4-6-8-15)13-16(20)18-12-11-17(21)19(2)3/h4-8,13H,9-12H2,1-3H3,(H,18,20)/b14-13-. The highest BCUT2D eigenvalue weighted by Gasteiger charge is 2.04. The van der Waals surface area contributed by atoms with Crippen LogP contribution in [0.5, 0.6) is 0 Å². The van der Waals surface area contributed by atoms with Crippen molar-refractivity contribution in [2.75, 3.05) is 20.6 Å². The van der Waals surface area contributed by atoms with Gasteiger partial charge in [0.15, 0.2) is 0 Å². The molecule has 1 rings (SSSR count). The fraction of sp³-hybridized carbons (Fsp3) is 0.412. The second kappa shape index (κ2) is 8.95. The number of amides is 2. The summed E-state index contributed by atoms with van der Waals surface area (Å²) in [5.41, 5.74) is 2.30. The van der Waals surface area contributed by atoms with Gasteiger partial charge < -0.3 is 10.2 Å². The van der Waals surface area contributed by atoms with Gasteiger partial charge in [0, 0.05) is 33.1 Å². The molecule has 114 valence electrons. The van der Waals surface area contributed by atoms with Gasteiger partial charge in [-0.05, 0) is 25.3 Å². The van der Waals surface area contributed by atoms with Gasteiger partial charge in [-0.25, -0.2) is 0 Å². The molecule has 0 aromatic heterocycles. The van der Waals surface area contributed by atoms with Crippen molar-refractivity contribution in [3.05, 3.63) is 47.5 Å². The van der Waals surface area contributed by atoms with E-state index in [1.165, 1.54) is 10.5 Å². The monoisotopic (exact) mass is 288 g/mol. The molecule has 0 saturated carbocycles. The van der Waals surface area contributed by atoms with Gasteiger partial charge in [0.25, 0.3) is 0 Å². The highest BCUT2D eigenvalue weighted by molar-refractivity contribution is 5.88. The molecule has 0 aliphatic heterocycles. The summed E-state index contributed by atoms with van der Waals surface area (Å²) in [6, 6.07) is 10.2. The Kier molecular flexibility index (Phi) is 7.23. The van der Waals surface area contributed by atoms with Crippen molar-refractivity contribution >= 4 is 11.8 Å². The molecule has 4 nitrogen and oxygen atoms in total. The Morgan fingerprint density at radius 1 is 1.14 bits per heavy atom. The first kappa shape index (κ1) is 17.0. The third kappa shape index (κ3) is 7.30. The van der Waals surface area contributed by atoms with E-state index >= 15 is 0 Å². The van der Waals surface area contributed by atoms with E-state index in [-0.39, 0.29) is 11.8 Å². The molecule has 0 saturated heterocycles. The molecule has 0 atom stereocenters. The fourth-order valence-corrected chi connectivity index (χ4v) is 1.85. The number of aryl methyl sites for hydroxylation is 1. The lowest BCUT2D eigenvalue weighted by Crippen LogP contribution is -2.29. The largest absolute Gasteiger partial charge is 0.352 e. The Morgan fingerprint density at radius 2 is 1.81 bits per heavy atom. The smallest absolute Gasteiger partial charge is 0.243 e. The number of allylic oxidation sites excluding steroid dienone is 1. The van der Waals surface area contributed by atoms with Gasteiger partial charge in [-0.2, -0.15) is 0 Å². The number of hydrogen-bond acceptors (Lipinski definition) is 2. The van der Waals surface area contributed by atoms with E-state index in [0.29, 0.717) is 13.0 Å². The maximum Gasteiger partial charge on any atom is 0.243 e. The Hall–Kier alpha value is -2.10. The second-order valence-corrected chi connectivity index (χ2v) is 5.31. The van der Waals surface area contributed by atoms with E-state index < -0.39 is 0 Å².